The Kier molecular flexibility index (Phi) is 14.3. The first kappa shape index (κ1) is 19.0. The summed E-state index contributed by atoms with van der Waals surface area (Å²) in [6, 6.07) is 0. The molecule has 1 atom stereocenters. The van der Waals surface area contributed by atoms with Gasteiger partial charge in [0.05, 0.1) is 0 Å². The Morgan fingerprint density at radius 3 is 1.95 bits per heavy atom. The minimum atomic E-state index is 0.949. The summed E-state index contributed by atoms with van der Waals surface area (Å²) >= 11 is 0. The topological polar surface area (TPSA) is 3.24 Å². The van der Waals surface area contributed by atoms with E-state index in [0.717, 1.165) is 5.92 Å². The van der Waals surface area contributed by atoms with Crippen LogP contribution in [0, 0.1) is 5.92 Å². The molecule has 0 aliphatic carbocycles. The number of hydrogen-bond donors (Lipinski definition) is 0. The van der Waals surface area contributed by atoms with Gasteiger partial charge in [0, 0.05) is 6.54 Å². The molecule has 1 unspecified atom stereocenters. The summed E-state index contributed by atoms with van der Waals surface area (Å²) in [5.74, 6) is 0.949. The van der Waals surface area contributed by atoms with Crippen LogP contribution in [0.4, 0.5) is 0 Å². The lowest BCUT2D eigenvalue weighted by atomic mass is 9.95. The maximum absolute atomic E-state index is 2.73. The van der Waals surface area contributed by atoms with Gasteiger partial charge < -0.3 is 4.90 Å². The Bertz CT molecular complexity index is 167. The molecule has 19 heavy (non-hydrogen) atoms. The van der Waals surface area contributed by atoms with Crippen molar-refractivity contribution in [2.45, 2.75) is 91.9 Å². The van der Waals surface area contributed by atoms with E-state index in [1.54, 1.807) is 0 Å². The largest absolute Gasteiger partial charge is 0.303 e. The van der Waals surface area contributed by atoms with Gasteiger partial charge in [-0.1, -0.05) is 66.2 Å². The van der Waals surface area contributed by atoms with Gasteiger partial charge in [-0.05, 0) is 44.7 Å². The highest BCUT2D eigenvalue weighted by Crippen LogP contribution is 2.18. The highest BCUT2D eigenvalue weighted by atomic mass is 15.1. The molecule has 0 aromatic rings. The van der Waals surface area contributed by atoms with Crippen molar-refractivity contribution in [3.8, 4) is 0 Å². The molecule has 1 nitrogen and oxygen atoms in total. The summed E-state index contributed by atoms with van der Waals surface area (Å²) < 4.78 is 0. The second kappa shape index (κ2) is 14.4. The quantitative estimate of drug-likeness (QED) is 0.356. The van der Waals surface area contributed by atoms with Crippen LogP contribution in [0.2, 0.25) is 0 Å². The molecule has 0 amide bonds. The molecule has 0 heterocycles. The Morgan fingerprint density at radius 2 is 1.37 bits per heavy atom. The first-order valence-corrected chi connectivity index (χ1v) is 9.00. The highest BCUT2D eigenvalue weighted by Gasteiger charge is 2.12. The Balaban J connectivity index is 4.02. The van der Waals surface area contributed by atoms with E-state index in [1.165, 1.54) is 83.8 Å². The van der Waals surface area contributed by atoms with Crippen molar-refractivity contribution in [2.75, 3.05) is 19.6 Å². The molecule has 0 bridgehead atoms. The fourth-order valence-corrected chi connectivity index (χ4v) is 2.95. The Morgan fingerprint density at radius 1 is 0.632 bits per heavy atom. The normalized spacial score (nSPS) is 13.1. The minimum Gasteiger partial charge on any atom is -0.303 e. The van der Waals surface area contributed by atoms with Crippen molar-refractivity contribution in [3.63, 3.8) is 0 Å². The maximum Gasteiger partial charge on any atom is 0.000965 e. The van der Waals surface area contributed by atoms with Crippen molar-refractivity contribution < 1.29 is 0 Å². The molecule has 0 rings (SSSR count). The maximum atomic E-state index is 2.73. The summed E-state index contributed by atoms with van der Waals surface area (Å²) in [5, 5.41) is 0. The number of unbranched alkanes of at least 4 members (excludes halogenated alkanes) is 4. The van der Waals surface area contributed by atoms with Gasteiger partial charge in [-0.15, -0.1) is 0 Å². The zero-order valence-electron chi connectivity index (χ0n) is 14.2. The van der Waals surface area contributed by atoms with Gasteiger partial charge in [0.25, 0.3) is 0 Å². The summed E-state index contributed by atoms with van der Waals surface area (Å²) in [7, 11) is 0. The molecule has 1 heteroatoms. The van der Waals surface area contributed by atoms with Gasteiger partial charge in [0.2, 0.25) is 0 Å². The number of rotatable bonds is 14. The van der Waals surface area contributed by atoms with Crippen molar-refractivity contribution in [1.82, 2.24) is 4.90 Å². The molecule has 0 aliphatic rings. The van der Waals surface area contributed by atoms with Crippen LogP contribution >= 0.6 is 0 Å². The van der Waals surface area contributed by atoms with E-state index in [1.807, 2.05) is 0 Å². The van der Waals surface area contributed by atoms with Gasteiger partial charge in [0.15, 0.2) is 0 Å². The molecule has 0 radical (unpaired) electrons. The molecule has 0 fully saturated rings. The van der Waals surface area contributed by atoms with Crippen molar-refractivity contribution in [2.24, 2.45) is 5.92 Å². The summed E-state index contributed by atoms with van der Waals surface area (Å²) in [5.41, 5.74) is 0. The van der Waals surface area contributed by atoms with Crippen LogP contribution in [0.25, 0.3) is 0 Å². The molecule has 0 aromatic heterocycles. The molecular weight excluding hydrogens is 230 g/mol. The molecule has 116 valence electrons. The zero-order chi connectivity index (χ0) is 14.3. The molecular formula is C18H39N. The monoisotopic (exact) mass is 269 g/mol. The SMILES string of the molecule is CCCCCCC(CCC)CN(CCC)CCCC. The van der Waals surface area contributed by atoms with E-state index >= 15 is 0 Å². The predicted octanol–water partition coefficient (Wildman–Crippen LogP) is 5.89. The molecule has 0 aromatic carbocycles. The van der Waals surface area contributed by atoms with Gasteiger partial charge in [-0.3, -0.25) is 0 Å². The summed E-state index contributed by atoms with van der Waals surface area (Å²) in [4.78, 5) is 2.73. The predicted molar refractivity (Wildman–Crippen MR) is 88.8 cm³/mol. The van der Waals surface area contributed by atoms with E-state index < -0.39 is 0 Å². The van der Waals surface area contributed by atoms with E-state index in [4.69, 9.17) is 0 Å². The average Bonchev–Trinajstić information content (AvgIpc) is 2.41. The van der Waals surface area contributed by atoms with E-state index in [9.17, 15) is 0 Å². The van der Waals surface area contributed by atoms with Crippen LogP contribution in [-0.2, 0) is 0 Å². The lowest BCUT2D eigenvalue weighted by molar-refractivity contribution is 0.211. The third kappa shape index (κ3) is 11.5. The third-order valence-electron chi connectivity index (χ3n) is 4.05. The van der Waals surface area contributed by atoms with Crippen LogP contribution in [0.5, 0.6) is 0 Å². The fraction of sp³-hybridized carbons (Fsp3) is 1.00. The molecule has 0 saturated carbocycles. The van der Waals surface area contributed by atoms with Gasteiger partial charge in [0.1, 0.15) is 0 Å². The fourth-order valence-electron chi connectivity index (χ4n) is 2.95. The van der Waals surface area contributed by atoms with Crippen molar-refractivity contribution in [1.29, 1.82) is 0 Å². The van der Waals surface area contributed by atoms with Crippen LogP contribution in [0.1, 0.15) is 91.9 Å². The van der Waals surface area contributed by atoms with Gasteiger partial charge in [-0.2, -0.15) is 0 Å². The first-order valence-electron chi connectivity index (χ1n) is 9.00. The molecule has 0 spiro atoms. The van der Waals surface area contributed by atoms with E-state index in [0.29, 0.717) is 0 Å². The summed E-state index contributed by atoms with van der Waals surface area (Å²) in [6.07, 6.45) is 13.9. The Labute approximate surface area is 123 Å². The standard InChI is InChI=1S/C18H39N/c1-5-9-11-12-14-18(13-7-3)17-19(15-8-4)16-10-6-2/h18H,5-17H2,1-4H3. The second-order valence-corrected chi connectivity index (χ2v) is 6.16. The number of hydrogen-bond acceptors (Lipinski definition) is 1. The van der Waals surface area contributed by atoms with Crippen LogP contribution in [0.15, 0.2) is 0 Å². The van der Waals surface area contributed by atoms with Crippen molar-refractivity contribution in [3.05, 3.63) is 0 Å². The van der Waals surface area contributed by atoms with Crippen LogP contribution < -0.4 is 0 Å². The Hall–Kier alpha value is -0.0400. The first-order chi connectivity index (χ1) is 9.28. The van der Waals surface area contributed by atoms with Crippen molar-refractivity contribution >= 4 is 0 Å². The lowest BCUT2D eigenvalue weighted by Gasteiger charge is -2.27. The summed E-state index contributed by atoms with van der Waals surface area (Å²) in [6.45, 7) is 13.2. The molecule has 0 N–H and O–H groups in total. The minimum absolute atomic E-state index is 0.949. The second-order valence-electron chi connectivity index (χ2n) is 6.16. The van der Waals surface area contributed by atoms with Gasteiger partial charge in [-0.25, -0.2) is 0 Å². The average molecular weight is 270 g/mol. The molecule has 0 aliphatic heterocycles. The van der Waals surface area contributed by atoms with E-state index in [2.05, 4.69) is 32.6 Å². The zero-order valence-corrected chi connectivity index (χ0v) is 14.2. The lowest BCUT2D eigenvalue weighted by Crippen LogP contribution is -2.31. The van der Waals surface area contributed by atoms with E-state index in [-0.39, 0.29) is 0 Å². The van der Waals surface area contributed by atoms with Crippen LogP contribution in [-0.4, -0.2) is 24.5 Å². The van der Waals surface area contributed by atoms with Gasteiger partial charge >= 0.3 is 0 Å². The molecule has 0 saturated heterocycles. The smallest absolute Gasteiger partial charge is 0.000965 e. The third-order valence-corrected chi connectivity index (χ3v) is 4.05. The number of nitrogens with zero attached hydrogens (tertiary/aromatic N) is 1. The van der Waals surface area contributed by atoms with Crippen LogP contribution in [0.3, 0.4) is 0 Å². The highest BCUT2D eigenvalue weighted by molar-refractivity contribution is 4.66.